The molecule has 0 aromatic carbocycles. The van der Waals surface area contributed by atoms with Crippen molar-refractivity contribution in [3.8, 4) is 0 Å². The smallest absolute Gasteiger partial charge is 0.123 e. The van der Waals surface area contributed by atoms with E-state index in [9.17, 15) is 0 Å². The van der Waals surface area contributed by atoms with Gasteiger partial charge in [-0.2, -0.15) is 0 Å². The van der Waals surface area contributed by atoms with E-state index < -0.39 is 0 Å². The van der Waals surface area contributed by atoms with E-state index in [2.05, 4.69) is 15.4 Å². The SMILES string of the molecule is Cc1ccnc(C(Cc2ccnc(N)c2)NN)c1. The highest BCUT2D eigenvalue weighted by Crippen LogP contribution is 2.17. The molecule has 1 atom stereocenters. The fraction of sp³-hybridized carbons (Fsp3) is 0.231. The van der Waals surface area contributed by atoms with E-state index in [-0.39, 0.29) is 6.04 Å². The summed E-state index contributed by atoms with van der Waals surface area (Å²) in [6.07, 6.45) is 4.21. The monoisotopic (exact) mass is 243 g/mol. The number of rotatable bonds is 4. The van der Waals surface area contributed by atoms with Crippen molar-refractivity contribution in [3.05, 3.63) is 53.5 Å². The fourth-order valence-electron chi connectivity index (χ4n) is 1.86. The number of nitrogens with two attached hydrogens (primary N) is 2. The third kappa shape index (κ3) is 3.03. The number of hydrazine groups is 1. The molecule has 0 aliphatic carbocycles. The highest BCUT2D eigenvalue weighted by atomic mass is 15.2. The number of hydrogen-bond donors (Lipinski definition) is 3. The lowest BCUT2D eigenvalue weighted by atomic mass is 10.0. The molecule has 0 spiro atoms. The lowest BCUT2D eigenvalue weighted by Gasteiger charge is -2.16. The van der Waals surface area contributed by atoms with Crippen molar-refractivity contribution >= 4 is 5.82 Å². The summed E-state index contributed by atoms with van der Waals surface area (Å²) in [7, 11) is 0. The molecular formula is C13H17N5. The van der Waals surface area contributed by atoms with Crippen LogP contribution in [-0.4, -0.2) is 9.97 Å². The van der Waals surface area contributed by atoms with Crippen molar-refractivity contribution in [2.75, 3.05) is 5.73 Å². The van der Waals surface area contributed by atoms with Crippen LogP contribution in [0.4, 0.5) is 5.82 Å². The van der Waals surface area contributed by atoms with Gasteiger partial charge in [0.05, 0.1) is 11.7 Å². The maximum atomic E-state index is 5.66. The summed E-state index contributed by atoms with van der Waals surface area (Å²) in [5.41, 5.74) is 11.6. The molecule has 0 saturated carbocycles. The standard InChI is InChI=1S/C13H17N5/c1-9-2-4-16-11(6-9)12(18-15)7-10-3-5-17-13(14)8-10/h2-6,8,12,18H,7,15H2,1H3,(H2,14,17). The van der Waals surface area contributed by atoms with E-state index in [1.54, 1.807) is 12.4 Å². The van der Waals surface area contributed by atoms with E-state index in [1.807, 2.05) is 31.2 Å². The Balaban J connectivity index is 2.19. The first-order chi connectivity index (χ1) is 8.69. The lowest BCUT2D eigenvalue weighted by molar-refractivity contribution is 0.538. The van der Waals surface area contributed by atoms with Gasteiger partial charge in [-0.3, -0.25) is 16.3 Å². The Morgan fingerprint density at radius 1 is 1.22 bits per heavy atom. The third-order valence-electron chi connectivity index (χ3n) is 2.78. The van der Waals surface area contributed by atoms with Gasteiger partial charge < -0.3 is 5.73 Å². The van der Waals surface area contributed by atoms with Gasteiger partial charge in [0.1, 0.15) is 5.82 Å². The van der Waals surface area contributed by atoms with Gasteiger partial charge in [-0.25, -0.2) is 4.98 Å². The van der Waals surface area contributed by atoms with E-state index in [0.717, 1.165) is 23.2 Å². The van der Waals surface area contributed by atoms with Crippen molar-refractivity contribution in [3.63, 3.8) is 0 Å². The zero-order valence-corrected chi connectivity index (χ0v) is 10.3. The lowest BCUT2D eigenvalue weighted by Crippen LogP contribution is -2.30. The Morgan fingerprint density at radius 2 is 2.00 bits per heavy atom. The maximum absolute atomic E-state index is 5.66. The van der Waals surface area contributed by atoms with Crippen LogP contribution in [0.25, 0.3) is 0 Å². The highest BCUT2D eigenvalue weighted by Gasteiger charge is 2.12. The van der Waals surface area contributed by atoms with Crippen LogP contribution in [0.5, 0.6) is 0 Å². The van der Waals surface area contributed by atoms with E-state index in [4.69, 9.17) is 11.6 Å². The molecule has 5 nitrogen and oxygen atoms in total. The molecule has 0 bridgehead atoms. The molecule has 0 aliphatic heterocycles. The molecular weight excluding hydrogens is 226 g/mol. The first kappa shape index (κ1) is 12.5. The van der Waals surface area contributed by atoms with Crippen LogP contribution >= 0.6 is 0 Å². The second kappa shape index (κ2) is 5.57. The van der Waals surface area contributed by atoms with Crippen LogP contribution in [0.15, 0.2) is 36.7 Å². The second-order valence-corrected chi connectivity index (χ2v) is 4.27. The molecule has 0 saturated heterocycles. The zero-order valence-electron chi connectivity index (χ0n) is 10.3. The number of aryl methyl sites for hydroxylation is 1. The molecule has 5 heteroatoms. The van der Waals surface area contributed by atoms with E-state index in [1.165, 1.54) is 0 Å². The summed E-state index contributed by atoms with van der Waals surface area (Å²) in [6, 6.07) is 7.72. The van der Waals surface area contributed by atoms with Gasteiger partial charge in [0.15, 0.2) is 0 Å². The van der Waals surface area contributed by atoms with Crippen LogP contribution in [-0.2, 0) is 6.42 Å². The summed E-state index contributed by atoms with van der Waals surface area (Å²) >= 11 is 0. The van der Waals surface area contributed by atoms with Crippen molar-refractivity contribution in [2.24, 2.45) is 5.84 Å². The van der Waals surface area contributed by atoms with Gasteiger partial charge in [-0.1, -0.05) is 0 Å². The predicted molar refractivity (Wildman–Crippen MR) is 71.4 cm³/mol. The maximum Gasteiger partial charge on any atom is 0.123 e. The average molecular weight is 243 g/mol. The quantitative estimate of drug-likeness (QED) is 0.553. The van der Waals surface area contributed by atoms with E-state index in [0.29, 0.717) is 5.82 Å². The highest BCUT2D eigenvalue weighted by molar-refractivity contribution is 5.33. The normalized spacial score (nSPS) is 12.3. The molecule has 5 N–H and O–H groups in total. The summed E-state index contributed by atoms with van der Waals surface area (Å²) in [4.78, 5) is 8.31. The zero-order chi connectivity index (χ0) is 13.0. The second-order valence-electron chi connectivity index (χ2n) is 4.27. The summed E-state index contributed by atoms with van der Waals surface area (Å²) < 4.78 is 0. The Morgan fingerprint density at radius 3 is 2.67 bits per heavy atom. The Bertz CT molecular complexity index is 526. The van der Waals surface area contributed by atoms with E-state index >= 15 is 0 Å². The topological polar surface area (TPSA) is 89.8 Å². The van der Waals surface area contributed by atoms with Gasteiger partial charge >= 0.3 is 0 Å². The largest absolute Gasteiger partial charge is 0.384 e. The molecule has 0 amide bonds. The number of pyridine rings is 2. The van der Waals surface area contributed by atoms with Gasteiger partial charge in [0.25, 0.3) is 0 Å². The number of nitrogen functional groups attached to an aromatic ring is 1. The molecule has 18 heavy (non-hydrogen) atoms. The molecule has 2 rings (SSSR count). The molecule has 2 aromatic heterocycles. The first-order valence-electron chi connectivity index (χ1n) is 5.78. The number of nitrogens with one attached hydrogen (secondary N) is 1. The number of aromatic nitrogens is 2. The first-order valence-corrected chi connectivity index (χ1v) is 5.78. The van der Waals surface area contributed by atoms with Crippen LogP contribution < -0.4 is 17.0 Å². The molecule has 94 valence electrons. The number of anilines is 1. The minimum Gasteiger partial charge on any atom is -0.384 e. The van der Waals surface area contributed by atoms with Gasteiger partial charge in [0, 0.05) is 12.4 Å². The molecule has 0 aliphatic rings. The molecule has 0 radical (unpaired) electrons. The summed E-state index contributed by atoms with van der Waals surface area (Å²) in [6.45, 7) is 2.03. The minimum atomic E-state index is -0.0355. The molecule has 2 aromatic rings. The summed E-state index contributed by atoms with van der Waals surface area (Å²) in [5.74, 6) is 6.12. The Kier molecular flexibility index (Phi) is 3.86. The van der Waals surface area contributed by atoms with Crippen molar-refractivity contribution in [1.82, 2.24) is 15.4 Å². The van der Waals surface area contributed by atoms with Gasteiger partial charge in [-0.05, 0) is 48.7 Å². The van der Waals surface area contributed by atoms with Crippen molar-refractivity contribution in [1.29, 1.82) is 0 Å². The summed E-state index contributed by atoms with van der Waals surface area (Å²) in [5, 5.41) is 0. The third-order valence-corrected chi connectivity index (χ3v) is 2.78. The van der Waals surface area contributed by atoms with Crippen LogP contribution in [0.3, 0.4) is 0 Å². The van der Waals surface area contributed by atoms with Crippen molar-refractivity contribution in [2.45, 2.75) is 19.4 Å². The van der Waals surface area contributed by atoms with Crippen LogP contribution in [0.2, 0.25) is 0 Å². The minimum absolute atomic E-state index is 0.0355. The number of nitrogens with zero attached hydrogens (tertiary/aromatic N) is 2. The average Bonchev–Trinajstić information content (AvgIpc) is 2.36. The van der Waals surface area contributed by atoms with Gasteiger partial charge in [-0.15, -0.1) is 0 Å². The van der Waals surface area contributed by atoms with Crippen LogP contribution in [0.1, 0.15) is 22.9 Å². The van der Waals surface area contributed by atoms with Crippen molar-refractivity contribution < 1.29 is 0 Å². The predicted octanol–water partition coefficient (Wildman–Crippen LogP) is 1.11. The Hall–Kier alpha value is -1.98. The number of hydrogen-bond acceptors (Lipinski definition) is 5. The van der Waals surface area contributed by atoms with Gasteiger partial charge in [0.2, 0.25) is 0 Å². The molecule has 0 fully saturated rings. The molecule has 1 unspecified atom stereocenters. The van der Waals surface area contributed by atoms with Crippen LogP contribution in [0, 0.1) is 6.92 Å². The Labute approximate surface area is 106 Å². The fourth-order valence-corrected chi connectivity index (χ4v) is 1.86. The molecule has 2 heterocycles.